The third-order valence-corrected chi connectivity index (χ3v) is 7.14. The Kier molecular flexibility index (Phi) is 11.8. The Balaban J connectivity index is 1.87. The first-order valence-electron chi connectivity index (χ1n) is 14.7. The van der Waals surface area contributed by atoms with Crippen molar-refractivity contribution in [2.24, 2.45) is 11.8 Å². The highest BCUT2D eigenvalue weighted by Crippen LogP contribution is 2.33. The highest BCUT2D eigenvalue weighted by atomic mass is 16.7. The number of hydrogen-bond acceptors (Lipinski definition) is 10. The van der Waals surface area contributed by atoms with Gasteiger partial charge in [0.2, 0.25) is 6.79 Å². The smallest absolute Gasteiger partial charge is 0.408 e. The fraction of sp³-hybridized carbons (Fsp3) is 0.455. The van der Waals surface area contributed by atoms with E-state index < -0.39 is 42.4 Å². The van der Waals surface area contributed by atoms with Gasteiger partial charge in [0.1, 0.15) is 23.1 Å². The Morgan fingerprint density at radius 1 is 1.09 bits per heavy atom. The molecule has 1 heterocycles. The van der Waals surface area contributed by atoms with Crippen LogP contribution in [0.3, 0.4) is 0 Å². The number of rotatable bonds is 14. The number of amides is 2. The fourth-order valence-electron chi connectivity index (χ4n) is 4.29. The number of hydrogen-bond donors (Lipinski definition) is 2. The molecule has 0 aliphatic heterocycles. The van der Waals surface area contributed by atoms with Crippen molar-refractivity contribution in [1.29, 1.82) is 0 Å². The van der Waals surface area contributed by atoms with Crippen molar-refractivity contribution in [2.75, 3.05) is 20.4 Å². The minimum absolute atomic E-state index is 0.0379. The lowest BCUT2D eigenvalue weighted by Gasteiger charge is -2.25. The van der Waals surface area contributed by atoms with E-state index in [1.165, 1.54) is 25.3 Å². The monoisotopic (exact) mass is 623 g/mol. The summed E-state index contributed by atoms with van der Waals surface area (Å²) in [5, 5.41) is 5.32. The van der Waals surface area contributed by atoms with Gasteiger partial charge in [-0.25, -0.2) is 19.4 Å². The van der Waals surface area contributed by atoms with Crippen LogP contribution in [-0.2, 0) is 19.0 Å². The molecule has 3 rings (SSSR count). The Labute approximate surface area is 262 Å². The van der Waals surface area contributed by atoms with Crippen molar-refractivity contribution >= 4 is 36.3 Å². The van der Waals surface area contributed by atoms with Gasteiger partial charge in [-0.2, -0.15) is 0 Å². The topological polar surface area (TPSA) is 159 Å². The van der Waals surface area contributed by atoms with Gasteiger partial charge in [0.25, 0.3) is 5.91 Å². The summed E-state index contributed by atoms with van der Waals surface area (Å²) in [4.78, 5) is 67.8. The Hall–Kier alpha value is -4.74. The number of aromatic nitrogens is 1. The average molecular weight is 624 g/mol. The molecule has 0 spiro atoms. The highest BCUT2D eigenvalue weighted by Gasteiger charge is 2.30. The molecule has 2 atom stereocenters. The van der Waals surface area contributed by atoms with Gasteiger partial charge >= 0.3 is 18.0 Å². The zero-order valence-corrected chi connectivity index (χ0v) is 26.6. The van der Waals surface area contributed by atoms with Crippen LogP contribution in [0.25, 0.3) is 17.2 Å². The number of methoxy groups -OCH3 is 1. The van der Waals surface area contributed by atoms with E-state index in [1.807, 2.05) is 6.92 Å². The Morgan fingerprint density at radius 3 is 2.38 bits per heavy atom. The lowest BCUT2D eigenvalue weighted by atomic mass is 9.95. The van der Waals surface area contributed by atoms with Crippen LogP contribution in [0.15, 0.2) is 30.8 Å². The van der Waals surface area contributed by atoms with Crippen LogP contribution in [0.5, 0.6) is 5.75 Å². The van der Waals surface area contributed by atoms with Crippen LogP contribution in [0.4, 0.5) is 4.79 Å². The van der Waals surface area contributed by atoms with E-state index in [0.717, 1.165) is 12.8 Å². The molecule has 2 amide bonds. The van der Waals surface area contributed by atoms with E-state index in [4.69, 9.17) is 18.9 Å². The van der Waals surface area contributed by atoms with Crippen LogP contribution in [0, 0.1) is 11.8 Å². The molecule has 1 fully saturated rings. The second-order valence-electron chi connectivity index (χ2n) is 11.8. The maximum atomic E-state index is 13.4. The first kappa shape index (κ1) is 34.7. The number of nitrogens with zero attached hydrogens (tertiary/aromatic N) is 1. The van der Waals surface area contributed by atoms with Crippen molar-refractivity contribution < 1.29 is 42.9 Å². The predicted molar refractivity (Wildman–Crippen MR) is 166 cm³/mol. The summed E-state index contributed by atoms with van der Waals surface area (Å²) >= 11 is 0. The number of ether oxygens (including phenoxy) is 4. The number of esters is 2. The summed E-state index contributed by atoms with van der Waals surface area (Å²) in [6.45, 7) is 12.1. The summed E-state index contributed by atoms with van der Waals surface area (Å²) < 4.78 is 21.2. The number of carbonyl (C=O) groups is 5. The molecule has 12 heteroatoms. The first-order chi connectivity index (χ1) is 21.3. The zero-order valence-electron chi connectivity index (χ0n) is 26.6. The summed E-state index contributed by atoms with van der Waals surface area (Å²) in [6, 6.07) is 4.97. The van der Waals surface area contributed by atoms with Gasteiger partial charge in [-0.1, -0.05) is 32.9 Å². The van der Waals surface area contributed by atoms with Gasteiger partial charge in [-0.15, -0.1) is 0 Å². The van der Waals surface area contributed by atoms with Gasteiger partial charge in [0, 0.05) is 23.2 Å². The van der Waals surface area contributed by atoms with Crippen LogP contribution in [0.1, 0.15) is 90.8 Å². The van der Waals surface area contributed by atoms with E-state index in [1.54, 1.807) is 39.8 Å². The van der Waals surface area contributed by atoms with Gasteiger partial charge in [0.05, 0.1) is 7.11 Å². The molecule has 45 heavy (non-hydrogen) atoms. The molecule has 1 aliphatic rings. The SMILES string of the molecule is C=Cc1cc(C=O)c(-c2ccc(C(=O)NCC3CC3)nc2C(=O)OCOC(=O)[C@@H](NC(=O)OC(C)(C)C)[C@@H](C)CC)cc1OC. The van der Waals surface area contributed by atoms with Gasteiger partial charge < -0.3 is 29.6 Å². The van der Waals surface area contributed by atoms with E-state index >= 15 is 0 Å². The molecule has 0 saturated heterocycles. The molecule has 0 radical (unpaired) electrons. The maximum absolute atomic E-state index is 13.4. The minimum Gasteiger partial charge on any atom is -0.496 e. The number of carbonyl (C=O) groups excluding carboxylic acids is 5. The van der Waals surface area contributed by atoms with Crippen molar-refractivity contribution in [1.82, 2.24) is 15.6 Å². The average Bonchev–Trinajstić information content (AvgIpc) is 3.84. The highest BCUT2D eigenvalue weighted by molar-refractivity contribution is 6.01. The fourth-order valence-corrected chi connectivity index (χ4v) is 4.29. The van der Waals surface area contributed by atoms with Crippen molar-refractivity contribution in [3.8, 4) is 16.9 Å². The number of alkyl carbamates (subject to hydrolysis) is 1. The normalized spacial score (nSPS) is 13.9. The number of nitrogens with one attached hydrogen (secondary N) is 2. The van der Waals surface area contributed by atoms with Crippen LogP contribution >= 0.6 is 0 Å². The summed E-state index contributed by atoms with van der Waals surface area (Å²) in [5.74, 6) is -1.85. The molecule has 242 valence electrons. The van der Waals surface area contributed by atoms with Crippen molar-refractivity contribution in [3.05, 3.63) is 53.4 Å². The van der Waals surface area contributed by atoms with Crippen LogP contribution in [0.2, 0.25) is 0 Å². The van der Waals surface area contributed by atoms with Crippen LogP contribution < -0.4 is 15.4 Å². The van der Waals surface area contributed by atoms with E-state index in [0.29, 0.717) is 42.0 Å². The molecule has 1 saturated carbocycles. The minimum atomic E-state index is -1.07. The first-order valence-corrected chi connectivity index (χ1v) is 14.7. The second-order valence-corrected chi connectivity index (χ2v) is 11.8. The molecule has 0 unspecified atom stereocenters. The molecule has 0 bridgehead atoms. The number of pyridine rings is 1. The van der Waals surface area contributed by atoms with Crippen molar-refractivity contribution in [2.45, 2.75) is 65.5 Å². The Bertz CT molecular complexity index is 1440. The van der Waals surface area contributed by atoms with Gasteiger partial charge in [-0.05, 0) is 75.3 Å². The van der Waals surface area contributed by atoms with Gasteiger partial charge in [-0.3, -0.25) is 9.59 Å². The number of benzene rings is 1. The third-order valence-electron chi connectivity index (χ3n) is 7.14. The standard InChI is InChI=1S/C33H41N3O9/c1-8-19(3)27(36-32(41)45-33(4,5)6)30(39)43-18-44-31(40)28-23(12-13-25(35-28)29(38)34-16-20-10-11-20)24-15-26(42-7)21(9-2)14-22(24)17-37/h9,12-15,17,19-20,27H,2,8,10-11,16,18H2,1,3-7H3,(H,34,38)(H,36,41)/t19-,27-/m0/s1. The predicted octanol–water partition coefficient (Wildman–Crippen LogP) is 4.95. The summed E-state index contributed by atoms with van der Waals surface area (Å²) in [5.41, 5.74) is 0.147. The summed E-state index contributed by atoms with van der Waals surface area (Å²) in [7, 11) is 1.45. The Morgan fingerprint density at radius 2 is 1.80 bits per heavy atom. The lowest BCUT2D eigenvalue weighted by molar-refractivity contribution is -0.156. The van der Waals surface area contributed by atoms with Gasteiger partial charge in [0.15, 0.2) is 12.0 Å². The lowest BCUT2D eigenvalue weighted by Crippen LogP contribution is -2.47. The van der Waals surface area contributed by atoms with E-state index in [2.05, 4.69) is 22.2 Å². The second kappa shape index (κ2) is 15.3. The van der Waals surface area contributed by atoms with E-state index in [9.17, 15) is 24.0 Å². The molecular formula is C33H41N3O9. The molecule has 1 aromatic heterocycles. The largest absolute Gasteiger partial charge is 0.496 e. The third kappa shape index (κ3) is 9.62. The molecule has 1 aromatic carbocycles. The molecular weight excluding hydrogens is 582 g/mol. The molecule has 1 aliphatic carbocycles. The molecule has 2 aromatic rings. The number of aldehydes is 1. The van der Waals surface area contributed by atoms with Crippen LogP contribution in [-0.4, -0.2) is 67.3 Å². The quantitative estimate of drug-likeness (QED) is 0.167. The zero-order chi connectivity index (χ0) is 33.3. The summed E-state index contributed by atoms with van der Waals surface area (Å²) in [6.07, 6.45) is 3.94. The maximum Gasteiger partial charge on any atom is 0.408 e. The molecule has 2 N–H and O–H groups in total. The molecule has 12 nitrogen and oxygen atoms in total. The van der Waals surface area contributed by atoms with Crippen molar-refractivity contribution in [3.63, 3.8) is 0 Å². The van der Waals surface area contributed by atoms with E-state index in [-0.39, 0.29) is 28.4 Å².